The first kappa shape index (κ1) is 13.4. The Morgan fingerprint density at radius 3 is 2.06 bits per heavy atom. The van der Waals surface area contributed by atoms with Crippen LogP contribution in [-0.4, -0.2) is 21.8 Å². The van der Waals surface area contributed by atoms with E-state index in [1.54, 1.807) is 0 Å². The second kappa shape index (κ2) is 5.08. The first-order valence-corrected chi connectivity index (χ1v) is 4.82. The van der Waals surface area contributed by atoms with Gasteiger partial charge in [0.05, 0.1) is 9.85 Å². The number of nitro groups is 2. The lowest BCUT2D eigenvalue weighted by Gasteiger charge is -2.11. The standard InChI is InChI=1S/C9H10N4O5/c1-5(9(10)14)11-8-6(12(15)16)3-2-4-7(8)13(17)18/h2-5,11H,1H3,(H2,10,14). The van der Waals surface area contributed by atoms with E-state index in [9.17, 15) is 25.0 Å². The van der Waals surface area contributed by atoms with Crippen LogP contribution in [-0.2, 0) is 4.79 Å². The number of nitrogens with zero attached hydrogens (tertiary/aromatic N) is 2. The first-order chi connectivity index (χ1) is 8.34. The van der Waals surface area contributed by atoms with Crippen molar-refractivity contribution in [2.75, 3.05) is 5.32 Å². The summed E-state index contributed by atoms with van der Waals surface area (Å²) in [4.78, 5) is 30.9. The van der Waals surface area contributed by atoms with Gasteiger partial charge < -0.3 is 11.1 Å². The van der Waals surface area contributed by atoms with E-state index in [2.05, 4.69) is 5.32 Å². The molecule has 0 aliphatic rings. The molecule has 96 valence electrons. The van der Waals surface area contributed by atoms with Crippen LogP contribution in [0, 0.1) is 20.2 Å². The van der Waals surface area contributed by atoms with Gasteiger partial charge in [0.15, 0.2) is 5.69 Å². The van der Waals surface area contributed by atoms with Gasteiger partial charge in [-0.3, -0.25) is 25.0 Å². The Kier molecular flexibility index (Phi) is 3.77. The van der Waals surface area contributed by atoms with Crippen molar-refractivity contribution in [2.45, 2.75) is 13.0 Å². The lowest BCUT2D eigenvalue weighted by atomic mass is 10.2. The average molecular weight is 254 g/mol. The van der Waals surface area contributed by atoms with E-state index in [1.165, 1.54) is 13.0 Å². The van der Waals surface area contributed by atoms with E-state index < -0.39 is 33.2 Å². The molecule has 0 saturated carbocycles. The summed E-state index contributed by atoms with van der Waals surface area (Å²) in [5, 5.41) is 23.9. The number of para-hydroxylation sites is 1. The fourth-order valence-corrected chi connectivity index (χ4v) is 1.27. The van der Waals surface area contributed by atoms with Crippen molar-refractivity contribution in [3.63, 3.8) is 0 Å². The Labute approximate surface area is 101 Å². The third-order valence-corrected chi connectivity index (χ3v) is 2.20. The predicted molar refractivity (Wildman–Crippen MR) is 62.0 cm³/mol. The lowest BCUT2D eigenvalue weighted by Crippen LogP contribution is -2.32. The maximum atomic E-state index is 10.9. The fourth-order valence-electron chi connectivity index (χ4n) is 1.27. The van der Waals surface area contributed by atoms with Gasteiger partial charge in [-0.1, -0.05) is 0 Å². The molecule has 0 radical (unpaired) electrons. The Balaban J connectivity index is 3.31. The van der Waals surface area contributed by atoms with E-state index in [-0.39, 0.29) is 5.69 Å². The quantitative estimate of drug-likeness (QED) is 0.587. The molecule has 1 aromatic rings. The SMILES string of the molecule is CC(Nc1c([N+](=O)[O-])cccc1[N+](=O)[O-])C(N)=O. The van der Waals surface area contributed by atoms with Crippen LogP contribution in [0.2, 0.25) is 0 Å². The van der Waals surface area contributed by atoms with E-state index in [0.29, 0.717) is 0 Å². The Hall–Kier alpha value is -2.71. The minimum Gasteiger partial charge on any atom is -0.368 e. The van der Waals surface area contributed by atoms with Crippen molar-refractivity contribution in [3.05, 3.63) is 38.4 Å². The molecule has 0 aromatic heterocycles. The molecule has 0 saturated heterocycles. The monoisotopic (exact) mass is 254 g/mol. The van der Waals surface area contributed by atoms with Gasteiger partial charge in [0, 0.05) is 12.1 Å². The number of nitrogens with two attached hydrogens (primary N) is 1. The summed E-state index contributed by atoms with van der Waals surface area (Å²) in [6, 6.07) is 2.42. The second-order valence-electron chi connectivity index (χ2n) is 3.45. The molecule has 0 spiro atoms. The molecule has 9 nitrogen and oxygen atoms in total. The van der Waals surface area contributed by atoms with E-state index in [1.807, 2.05) is 0 Å². The Bertz CT molecular complexity index is 483. The summed E-state index contributed by atoms with van der Waals surface area (Å²) in [6.45, 7) is 1.35. The van der Waals surface area contributed by atoms with Gasteiger partial charge in [-0.2, -0.15) is 0 Å². The molecule has 1 rings (SSSR count). The Morgan fingerprint density at radius 2 is 1.72 bits per heavy atom. The largest absolute Gasteiger partial charge is 0.368 e. The van der Waals surface area contributed by atoms with Crippen LogP contribution < -0.4 is 11.1 Å². The van der Waals surface area contributed by atoms with Crippen LogP contribution in [0.15, 0.2) is 18.2 Å². The molecule has 0 aliphatic carbocycles. The van der Waals surface area contributed by atoms with Gasteiger partial charge in [0.1, 0.15) is 6.04 Å². The molecular weight excluding hydrogens is 244 g/mol. The number of primary amides is 1. The van der Waals surface area contributed by atoms with Crippen LogP contribution in [0.25, 0.3) is 0 Å². The van der Waals surface area contributed by atoms with Gasteiger partial charge in [-0.15, -0.1) is 0 Å². The maximum absolute atomic E-state index is 10.9. The zero-order valence-electron chi connectivity index (χ0n) is 9.32. The summed E-state index contributed by atoms with van der Waals surface area (Å²) in [7, 11) is 0. The molecule has 0 aliphatic heterocycles. The Morgan fingerprint density at radius 1 is 1.28 bits per heavy atom. The molecule has 1 aromatic carbocycles. The molecule has 18 heavy (non-hydrogen) atoms. The summed E-state index contributed by atoms with van der Waals surface area (Å²) < 4.78 is 0. The zero-order valence-corrected chi connectivity index (χ0v) is 9.32. The van der Waals surface area contributed by atoms with Crippen LogP contribution in [0.4, 0.5) is 17.1 Å². The summed E-state index contributed by atoms with van der Waals surface area (Å²) in [6.07, 6.45) is 0. The summed E-state index contributed by atoms with van der Waals surface area (Å²) >= 11 is 0. The van der Waals surface area contributed by atoms with Crippen LogP contribution in [0.3, 0.4) is 0 Å². The summed E-state index contributed by atoms with van der Waals surface area (Å²) in [5.41, 5.74) is 3.68. The number of amides is 1. The minimum atomic E-state index is -0.968. The second-order valence-corrected chi connectivity index (χ2v) is 3.45. The van der Waals surface area contributed by atoms with Gasteiger partial charge >= 0.3 is 0 Å². The highest BCUT2D eigenvalue weighted by atomic mass is 16.6. The topological polar surface area (TPSA) is 141 Å². The first-order valence-electron chi connectivity index (χ1n) is 4.82. The van der Waals surface area contributed by atoms with E-state index >= 15 is 0 Å². The summed E-state index contributed by atoms with van der Waals surface area (Å²) in [5.74, 6) is -0.776. The molecule has 3 N–H and O–H groups in total. The van der Waals surface area contributed by atoms with E-state index in [4.69, 9.17) is 5.73 Å². The maximum Gasteiger partial charge on any atom is 0.299 e. The molecule has 1 atom stereocenters. The van der Waals surface area contributed by atoms with Crippen LogP contribution in [0.5, 0.6) is 0 Å². The van der Waals surface area contributed by atoms with Crippen molar-refractivity contribution >= 4 is 23.0 Å². The van der Waals surface area contributed by atoms with Crippen molar-refractivity contribution in [3.8, 4) is 0 Å². The third-order valence-electron chi connectivity index (χ3n) is 2.20. The number of hydrogen-bond donors (Lipinski definition) is 2. The average Bonchev–Trinajstić information content (AvgIpc) is 2.28. The highest BCUT2D eigenvalue weighted by Crippen LogP contribution is 2.34. The zero-order chi connectivity index (χ0) is 13.9. The lowest BCUT2D eigenvalue weighted by molar-refractivity contribution is -0.392. The van der Waals surface area contributed by atoms with Gasteiger partial charge in [-0.25, -0.2) is 0 Å². The number of carbonyl (C=O) groups is 1. The minimum absolute atomic E-state index is 0.334. The molecule has 9 heteroatoms. The molecule has 0 bridgehead atoms. The highest BCUT2D eigenvalue weighted by Gasteiger charge is 2.26. The van der Waals surface area contributed by atoms with Crippen LogP contribution >= 0.6 is 0 Å². The molecule has 1 amide bonds. The fraction of sp³-hybridized carbons (Fsp3) is 0.222. The molecule has 1 unspecified atom stereocenters. The van der Waals surface area contributed by atoms with Gasteiger partial charge in [0.25, 0.3) is 11.4 Å². The molecular formula is C9H10N4O5. The van der Waals surface area contributed by atoms with E-state index in [0.717, 1.165) is 12.1 Å². The molecule has 0 fully saturated rings. The normalized spacial score (nSPS) is 11.6. The number of hydrogen-bond acceptors (Lipinski definition) is 6. The number of nitro benzene ring substituents is 2. The number of nitrogens with one attached hydrogen (secondary N) is 1. The van der Waals surface area contributed by atoms with Crippen molar-refractivity contribution in [1.82, 2.24) is 0 Å². The third kappa shape index (κ3) is 2.70. The number of rotatable bonds is 5. The molecule has 0 heterocycles. The van der Waals surface area contributed by atoms with Gasteiger partial charge in [-0.05, 0) is 13.0 Å². The van der Waals surface area contributed by atoms with Crippen LogP contribution in [0.1, 0.15) is 6.92 Å². The highest BCUT2D eigenvalue weighted by molar-refractivity contribution is 5.85. The van der Waals surface area contributed by atoms with Crippen molar-refractivity contribution in [2.24, 2.45) is 5.73 Å². The predicted octanol–water partition coefficient (Wildman–Crippen LogP) is 0.789. The smallest absolute Gasteiger partial charge is 0.299 e. The van der Waals surface area contributed by atoms with Gasteiger partial charge in [0.2, 0.25) is 5.91 Å². The van der Waals surface area contributed by atoms with Crippen molar-refractivity contribution < 1.29 is 14.6 Å². The number of carbonyl (C=O) groups excluding carboxylic acids is 1. The number of benzene rings is 1. The number of anilines is 1. The van der Waals surface area contributed by atoms with Crippen molar-refractivity contribution in [1.29, 1.82) is 0 Å².